The second-order valence-electron chi connectivity index (χ2n) is 5.38. The molecule has 0 saturated carbocycles. The van der Waals surface area contributed by atoms with Crippen LogP contribution in [0.15, 0.2) is 18.2 Å². The average molecular weight is 316 g/mol. The number of carbonyl (C=O) groups is 1. The van der Waals surface area contributed by atoms with E-state index >= 15 is 0 Å². The van der Waals surface area contributed by atoms with E-state index in [9.17, 15) is 9.18 Å². The van der Waals surface area contributed by atoms with Gasteiger partial charge < -0.3 is 10.6 Å². The molecule has 1 atom stereocenters. The molecule has 1 fully saturated rings. The zero-order valence-electron chi connectivity index (χ0n) is 12.5. The van der Waals surface area contributed by atoms with Crippen molar-refractivity contribution < 1.29 is 9.18 Å². The van der Waals surface area contributed by atoms with Gasteiger partial charge in [0, 0.05) is 32.2 Å². The molecule has 0 unspecified atom stereocenters. The third kappa shape index (κ3) is 5.26. The largest absolute Gasteiger partial charge is 0.351 e. The lowest BCUT2D eigenvalue weighted by molar-refractivity contribution is -0.123. The van der Waals surface area contributed by atoms with Gasteiger partial charge in [0.15, 0.2) is 0 Å². The number of piperazine rings is 1. The van der Waals surface area contributed by atoms with E-state index in [1.165, 1.54) is 6.07 Å². The van der Waals surface area contributed by atoms with Crippen LogP contribution in [-0.2, 0) is 11.3 Å². The summed E-state index contributed by atoms with van der Waals surface area (Å²) in [5.74, 6) is -0.243. The number of nitrogens with zero attached hydrogens (tertiary/aromatic N) is 1. The maximum atomic E-state index is 13.4. The minimum Gasteiger partial charge on any atom is -0.351 e. The van der Waals surface area contributed by atoms with E-state index in [1.807, 2.05) is 6.07 Å². The molecule has 4 nitrogen and oxygen atoms in total. The quantitative estimate of drug-likeness (QED) is 0.884. The molecule has 0 aliphatic carbocycles. The molecule has 1 saturated heterocycles. The van der Waals surface area contributed by atoms with Crippen LogP contribution in [0.1, 0.15) is 18.1 Å². The Kier molecular flexibility index (Phi) is 7.08. The number of halogens is 2. The number of hydrogen-bond donors (Lipinski definition) is 2. The number of carbonyl (C=O) groups excluding carboxylic acids is 1. The Bertz CT molecular complexity index is 484. The minimum atomic E-state index is -0.229. The fourth-order valence-corrected chi connectivity index (χ4v) is 2.31. The van der Waals surface area contributed by atoms with Crippen molar-refractivity contribution in [3.8, 4) is 0 Å². The molecule has 1 aliphatic rings. The second-order valence-corrected chi connectivity index (χ2v) is 5.38. The maximum absolute atomic E-state index is 13.4. The molecule has 1 heterocycles. The summed E-state index contributed by atoms with van der Waals surface area (Å²) in [4.78, 5) is 14.1. The predicted octanol–water partition coefficient (Wildman–Crippen LogP) is 1.47. The van der Waals surface area contributed by atoms with Crippen molar-refractivity contribution >= 4 is 18.3 Å². The first-order valence-corrected chi connectivity index (χ1v) is 7.03. The molecule has 1 aliphatic heterocycles. The van der Waals surface area contributed by atoms with E-state index in [-0.39, 0.29) is 24.1 Å². The third-order valence-corrected chi connectivity index (χ3v) is 3.71. The summed E-state index contributed by atoms with van der Waals surface area (Å²) in [6, 6.07) is 5.41. The number of benzene rings is 1. The van der Waals surface area contributed by atoms with Gasteiger partial charge in [0.05, 0.1) is 6.54 Å². The van der Waals surface area contributed by atoms with E-state index < -0.39 is 0 Å². The van der Waals surface area contributed by atoms with E-state index in [4.69, 9.17) is 0 Å². The smallest absolute Gasteiger partial charge is 0.234 e. The Labute approximate surface area is 131 Å². The first kappa shape index (κ1) is 17.9. The Morgan fingerprint density at radius 3 is 2.95 bits per heavy atom. The van der Waals surface area contributed by atoms with Crippen LogP contribution >= 0.6 is 12.4 Å². The van der Waals surface area contributed by atoms with E-state index in [1.54, 1.807) is 13.0 Å². The fraction of sp³-hybridized carbons (Fsp3) is 0.533. The Morgan fingerprint density at radius 1 is 1.52 bits per heavy atom. The van der Waals surface area contributed by atoms with Crippen LogP contribution in [-0.4, -0.2) is 43.0 Å². The van der Waals surface area contributed by atoms with Gasteiger partial charge in [0.1, 0.15) is 5.82 Å². The Balaban J connectivity index is 0.00000220. The minimum absolute atomic E-state index is 0. The van der Waals surface area contributed by atoms with Crippen LogP contribution in [0, 0.1) is 12.7 Å². The number of hydrogen-bond acceptors (Lipinski definition) is 3. The topological polar surface area (TPSA) is 44.4 Å². The van der Waals surface area contributed by atoms with Crippen molar-refractivity contribution in [1.82, 2.24) is 15.5 Å². The lowest BCUT2D eigenvalue weighted by Gasteiger charge is -2.33. The first-order valence-electron chi connectivity index (χ1n) is 7.03. The van der Waals surface area contributed by atoms with Crippen LogP contribution < -0.4 is 10.6 Å². The Morgan fingerprint density at radius 2 is 2.29 bits per heavy atom. The third-order valence-electron chi connectivity index (χ3n) is 3.71. The van der Waals surface area contributed by atoms with Gasteiger partial charge in [-0.25, -0.2) is 4.39 Å². The van der Waals surface area contributed by atoms with Crippen molar-refractivity contribution in [2.24, 2.45) is 0 Å². The summed E-state index contributed by atoms with van der Waals surface area (Å²) in [5, 5.41) is 6.14. The van der Waals surface area contributed by atoms with Gasteiger partial charge >= 0.3 is 0 Å². The fourth-order valence-electron chi connectivity index (χ4n) is 2.31. The van der Waals surface area contributed by atoms with E-state index in [0.717, 1.165) is 25.2 Å². The van der Waals surface area contributed by atoms with E-state index in [0.29, 0.717) is 24.7 Å². The Hall–Kier alpha value is -1.17. The zero-order valence-corrected chi connectivity index (χ0v) is 13.3. The molecule has 6 heteroatoms. The standard InChI is InChI=1S/C15H22FN3O.ClH/c1-11-3-4-13(7-14(11)16)9-18-15(20)10-19-6-5-17-8-12(19)2;/h3-4,7,12,17H,5-6,8-10H2,1-2H3,(H,18,20);1H/t12-;/m1./s1. The molecular formula is C15H23ClFN3O. The second kappa shape index (κ2) is 8.32. The van der Waals surface area contributed by atoms with Gasteiger partial charge in [-0.15, -0.1) is 12.4 Å². The molecule has 0 bridgehead atoms. The average Bonchev–Trinajstić information content (AvgIpc) is 2.43. The van der Waals surface area contributed by atoms with Crippen LogP contribution in [0.4, 0.5) is 4.39 Å². The molecule has 2 N–H and O–H groups in total. The molecule has 118 valence electrons. The van der Waals surface area contributed by atoms with Gasteiger partial charge in [0.2, 0.25) is 5.91 Å². The maximum Gasteiger partial charge on any atom is 0.234 e. The molecule has 2 rings (SSSR count). The molecule has 0 aromatic heterocycles. The summed E-state index contributed by atoms with van der Waals surface area (Å²) in [6.07, 6.45) is 0. The SMILES string of the molecule is Cc1ccc(CNC(=O)CN2CCNC[C@H]2C)cc1F.Cl. The molecule has 1 aromatic rings. The van der Waals surface area contributed by atoms with Crippen molar-refractivity contribution in [3.05, 3.63) is 35.1 Å². The van der Waals surface area contributed by atoms with Crippen molar-refractivity contribution in [2.75, 3.05) is 26.2 Å². The van der Waals surface area contributed by atoms with Gasteiger partial charge in [0.25, 0.3) is 0 Å². The van der Waals surface area contributed by atoms with Gasteiger partial charge in [-0.2, -0.15) is 0 Å². The summed E-state index contributed by atoms with van der Waals surface area (Å²) < 4.78 is 13.4. The summed E-state index contributed by atoms with van der Waals surface area (Å²) in [7, 11) is 0. The highest BCUT2D eigenvalue weighted by atomic mass is 35.5. The van der Waals surface area contributed by atoms with Crippen molar-refractivity contribution in [3.63, 3.8) is 0 Å². The lowest BCUT2D eigenvalue weighted by atomic mass is 10.1. The molecular weight excluding hydrogens is 293 g/mol. The van der Waals surface area contributed by atoms with Crippen LogP contribution in [0.25, 0.3) is 0 Å². The van der Waals surface area contributed by atoms with Crippen LogP contribution in [0.5, 0.6) is 0 Å². The predicted molar refractivity (Wildman–Crippen MR) is 84.1 cm³/mol. The molecule has 1 aromatic carbocycles. The number of nitrogens with one attached hydrogen (secondary N) is 2. The lowest BCUT2D eigenvalue weighted by Crippen LogP contribution is -2.52. The highest BCUT2D eigenvalue weighted by molar-refractivity contribution is 5.85. The van der Waals surface area contributed by atoms with Crippen molar-refractivity contribution in [1.29, 1.82) is 0 Å². The first-order chi connectivity index (χ1) is 9.56. The summed E-state index contributed by atoms with van der Waals surface area (Å²) >= 11 is 0. The van der Waals surface area contributed by atoms with Gasteiger partial charge in [-0.05, 0) is 31.0 Å². The van der Waals surface area contributed by atoms with Crippen molar-refractivity contribution in [2.45, 2.75) is 26.4 Å². The van der Waals surface area contributed by atoms with E-state index in [2.05, 4.69) is 22.5 Å². The molecule has 0 spiro atoms. The number of rotatable bonds is 4. The van der Waals surface area contributed by atoms with Crippen LogP contribution in [0.3, 0.4) is 0 Å². The zero-order chi connectivity index (χ0) is 14.5. The highest BCUT2D eigenvalue weighted by Gasteiger charge is 2.19. The number of amides is 1. The number of aryl methyl sites for hydroxylation is 1. The summed E-state index contributed by atoms with van der Waals surface area (Å²) in [5.41, 5.74) is 1.41. The molecule has 21 heavy (non-hydrogen) atoms. The van der Waals surface area contributed by atoms with Gasteiger partial charge in [-0.1, -0.05) is 12.1 Å². The normalized spacial score (nSPS) is 18.9. The highest BCUT2D eigenvalue weighted by Crippen LogP contribution is 2.09. The monoisotopic (exact) mass is 315 g/mol. The molecule has 1 amide bonds. The van der Waals surface area contributed by atoms with Crippen LogP contribution in [0.2, 0.25) is 0 Å². The summed E-state index contributed by atoms with van der Waals surface area (Å²) in [6.45, 7) is 7.32. The van der Waals surface area contributed by atoms with Gasteiger partial charge in [-0.3, -0.25) is 9.69 Å². The molecule has 0 radical (unpaired) electrons.